The van der Waals surface area contributed by atoms with Crippen LogP contribution >= 0.6 is 0 Å². The summed E-state index contributed by atoms with van der Waals surface area (Å²) < 4.78 is 0. The van der Waals surface area contributed by atoms with Crippen molar-refractivity contribution in [3.8, 4) is 0 Å². The van der Waals surface area contributed by atoms with Crippen LogP contribution in [0.5, 0.6) is 0 Å². The van der Waals surface area contributed by atoms with Crippen molar-refractivity contribution in [2.24, 2.45) is 5.92 Å². The molecule has 2 atom stereocenters. The fourth-order valence-corrected chi connectivity index (χ4v) is 0.995. The lowest BCUT2D eigenvalue weighted by molar-refractivity contribution is -0.520. The molecule has 84 valence electrons. The zero-order chi connectivity index (χ0) is 12.2. The zero-order valence-corrected chi connectivity index (χ0v) is 8.21. The molecule has 2 unspecified atom stereocenters. The number of nitro groups is 2. The topological polar surface area (TPSA) is 120 Å². The van der Waals surface area contributed by atoms with Crippen molar-refractivity contribution < 1.29 is 19.4 Å². The van der Waals surface area contributed by atoms with Crippen LogP contribution in [-0.2, 0) is 9.59 Å². The first-order valence-corrected chi connectivity index (χ1v) is 4.09. The highest BCUT2D eigenvalue weighted by atomic mass is 16.6. The SMILES string of the molecule is CC(=O)C(CC(C)[N+](=O)[O-])C(=O)[N+](=O)[O-]. The van der Waals surface area contributed by atoms with E-state index in [2.05, 4.69) is 0 Å². The van der Waals surface area contributed by atoms with Gasteiger partial charge in [0.05, 0.1) is 0 Å². The van der Waals surface area contributed by atoms with Gasteiger partial charge in [0.25, 0.3) is 0 Å². The molecule has 0 heterocycles. The standard InChI is InChI=1S/C7H10N2O6/c1-4(8(12)13)3-6(5(2)10)7(11)9(14)15/h4,6H,3H2,1-2H3. The maximum atomic E-state index is 10.9. The van der Waals surface area contributed by atoms with Crippen LogP contribution < -0.4 is 0 Å². The highest BCUT2D eigenvalue weighted by molar-refractivity contribution is 5.96. The minimum absolute atomic E-state index is 0.442. The molecule has 0 spiro atoms. The van der Waals surface area contributed by atoms with Crippen LogP contribution in [0.1, 0.15) is 20.3 Å². The summed E-state index contributed by atoms with van der Waals surface area (Å²) in [5, 5.41) is 20.4. The van der Waals surface area contributed by atoms with Crippen molar-refractivity contribution in [3.05, 3.63) is 20.2 Å². The van der Waals surface area contributed by atoms with E-state index in [0.717, 1.165) is 6.92 Å². The van der Waals surface area contributed by atoms with Gasteiger partial charge in [-0.2, -0.15) is 0 Å². The van der Waals surface area contributed by atoms with Gasteiger partial charge in [0.15, 0.2) is 5.92 Å². The van der Waals surface area contributed by atoms with Gasteiger partial charge in [0, 0.05) is 18.3 Å². The Labute approximate surface area is 84.6 Å². The number of Topliss-reactive ketones (excluding diaryl/α,β-unsaturated/α-hetero) is 1. The second-order valence-corrected chi connectivity index (χ2v) is 3.13. The van der Waals surface area contributed by atoms with Gasteiger partial charge in [0.1, 0.15) is 10.7 Å². The molecule has 0 rings (SSSR count). The number of carbonyl (C=O) groups excluding carboxylic acids is 2. The number of ketones is 1. The molecule has 0 N–H and O–H groups in total. The third kappa shape index (κ3) is 3.79. The number of nitrogens with zero attached hydrogens (tertiary/aromatic N) is 2. The molecule has 0 aromatic carbocycles. The summed E-state index contributed by atoms with van der Waals surface area (Å²) in [7, 11) is 0. The van der Waals surface area contributed by atoms with Crippen LogP contribution in [0, 0.1) is 26.1 Å². The molecule has 0 fully saturated rings. The van der Waals surface area contributed by atoms with E-state index in [-0.39, 0.29) is 0 Å². The average Bonchev–Trinajstić information content (AvgIpc) is 2.11. The van der Waals surface area contributed by atoms with Crippen molar-refractivity contribution in [2.45, 2.75) is 26.3 Å². The Morgan fingerprint density at radius 2 is 1.73 bits per heavy atom. The Kier molecular flexibility index (Phi) is 4.49. The van der Waals surface area contributed by atoms with Gasteiger partial charge < -0.3 is 0 Å². The minimum atomic E-state index is -1.53. The largest absolute Gasteiger partial charge is 0.455 e. The van der Waals surface area contributed by atoms with Gasteiger partial charge >= 0.3 is 5.91 Å². The smallest absolute Gasteiger partial charge is 0.299 e. The molecule has 0 radical (unpaired) electrons. The first kappa shape index (κ1) is 13.1. The minimum Gasteiger partial charge on any atom is -0.299 e. The lowest BCUT2D eigenvalue weighted by atomic mass is 9.96. The van der Waals surface area contributed by atoms with Crippen molar-refractivity contribution in [3.63, 3.8) is 0 Å². The second kappa shape index (κ2) is 5.13. The van der Waals surface area contributed by atoms with Gasteiger partial charge in [-0.15, -0.1) is 0 Å². The molecule has 0 saturated carbocycles. The third-order valence-corrected chi connectivity index (χ3v) is 1.91. The van der Waals surface area contributed by atoms with Crippen molar-refractivity contribution >= 4 is 11.7 Å². The van der Waals surface area contributed by atoms with Crippen LogP contribution in [0.25, 0.3) is 0 Å². The maximum absolute atomic E-state index is 10.9. The quantitative estimate of drug-likeness (QED) is 0.365. The molecule has 0 aromatic heterocycles. The molecule has 0 bridgehead atoms. The number of amides is 1. The van der Waals surface area contributed by atoms with Crippen LogP contribution in [0.4, 0.5) is 0 Å². The highest BCUT2D eigenvalue weighted by Gasteiger charge is 2.37. The number of rotatable bonds is 5. The van der Waals surface area contributed by atoms with E-state index in [0.29, 0.717) is 0 Å². The van der Waals surface area contributed by atoms with Crippen molar-refractivity contribution in [2.75, 3.05) is 0 Å². The van der Waals surface area contributed by atoms with Crippen LogP contribution in [-0.4, -0.2) is 27.6 Å². The van der Waals surface area contributed by atoms with Crippen LogP contribution in [0.15, 0.2) is 0 Å². The summed E-state index contributed by atoms with van der Waals surface area (Å²) >= 11 is 0. The molecular weight excluding hydrogens is 208 g/mol. The number of hydrogen-bond acceptors (Lipinski definition) is 6. The van der Waals surface area contributed by atoms with Gasteiger partial charge in [-0.1, -0.05) is 0 Å². The van der Waals surface area contributed by atoms with Crippen LogP contribution in [0.3, 0.4) is 0 Å². The van der Waals surface area contributed by atoms with Crippen LogP contribution in [0.2, 0.25) is 0 Å². The lowest BCUT2D eigenvalue weighted by Crippen LogP contribution is -2.33. The lowest BCUT2D eigenvalue weighted by Gasteiger charge is -2.07. The molecular formula is C7H10N2O6. The molecule has 0 aliphatic rings. The van der Waals surface area contributed by atoms with E-state index < -0.39 is 39.9 Å². The zero-order valence-electron chi connectivity index (χ0n) is 8.21. The summed E-state index contributed by atoms with van der Waals surface area (Å²) in [6, 6.07) is -1.16. The van der Waals surface area contributed by atoms with Gasteiger partial charge in [-0.25, -0.2) is 4.79 Å². The van der Waals surface area contributed by atoms with E-state index in [1.165, 1.54) is 6.92 Å². The van der Waals surface area contributed by atoms with E-state index in [1.54, 1.807) is 0 Å². The molecule has 8 nitrogen and oxygen atoms in total. The van der Waals surface area contributed by atoms with Gasteiger partial charge in [0.2, 0.25) is 6.04 Å². The first-order valence-electron chi connectivity index (χ1n) is 4.09. The van der Waals surface area contributed by atoms with Gasteiger partial charge in [-0.05, 0) is 6.92 Å². The van der Waals surface area contributed by atoms with E-state index in [4.69, 9.17) is 0 Å². The second-order valence-electron chi connectivity index (χ2n) is 3.13. The molecule has 0 aliphatic heterocycles. The first-order chi connectivity index (χ1) is 6.77. The number of carbonyl (C=O) groups is 2. The Balaban J connectivity index is 4.70. The molecule has 0 saturated heterocycles. The Morgan fingerprint density at radius 3 is 2.00 bits per heavy atom. The highest BCUT2D eigenvalue weighted by Crippen LogP contribution is 2.12. The maximum Gasteiger partial charge on any atom is 0.455 e. The molecule has 1 amide bonds. The summed E-state index contributed by atoms with van der Waals surface area (Å²) in [6.45, 7) is 2.18. The predicted octanol–water partition coefficient (Wildman–Crippen LogP) is 0.0502. The molecule has 0 aliphatic carbocycles. The van der Waals surface area contributed by atoms with E-state index in [9.17, 15) is 29.8 Å². The van der Waals surface area contributed by atoms with Gasteiger partial charge in [-0.3, -0.25) is 25.0 Å². The predicted molar refractivity (Wildman–Crippen MR) is 47.2 cm³/mol. The fourth-order valence-electron chi connectivity index (χ4n) is 0.995. The average molecular weight is 218 g/mol. The summed E-state index contributed by atoms with van der Waals surface area (Å²) in [4.78, 5) is 40.3. The summed E-state index contributed by atoms with van der Waals surface area (Å²) in [5.74, 6) is -3.75. The van der Waals surface area contributed by atoms with E-state index in [1.807, 2.05) is 0 Å². The molecule has 15 heavy (non-hydrogen) atoms. The molecule has 8 heteroatoms. The summed E-state index contributed by atoms with van der Waals surface area (Å²) in [6.07, 6.45) is -0.442. The van der Waals surface area contributed by atoms with Crippen molar-refractivity contribution in [1.82, 2.24) is 0 Å². The normalized spacial score (nSPS) is 14.0. The number of hydrogen-bond donors (Lipinski definition) is 0. The van der Waals surface area contributed by atoms with E-state index >= 15 is 0 Å². The summed E-state index contributed by atoms with van der Waals surface area (Å²) in [5.41, 5.74) is 0. The van der Waals surface area contributed by atoms with Crippen molar-refractivity contribution in [1.29, 1.82) is 0 Å². The molecule has 0 aromatic rings. The fraction of sp³-hybridized carbons (Fsp3) is 0.714. The Bertz CT molecular complexity index is 313. The Morgan fingerprint density at radius 1 is 1.27 bits per heavy atom. The monoisotopic (exact) mass is 218 g/mol. The third-order valence-electron chi connectivity index (χ3n) is 1.91. The Hall–Kier alpha value is -1.86.